The summed E-state index contributed by atoms with van der Waals surface area (Å²) in [5, 5.41) is 18.3. The highest BCUT2D eigenvalue weighted by atomic mass is 16.6. The maximum absolute atomic E-state index is 13.0. The maximum atomic E-state index is 13.0. The number of carbonyl (C=O) groups is 3. The number of benzene rings is 1. The van der Waals surface area contributed by atoms with E-state index in [1.807, 2.05) is 0 Å². The van der Waals surface area contributed by atoms with Crippen molar-refractivity contribution in [2.45, 2.75) is 33.7 Å². The Morgan fingerprint density at radius 3 is 2.44 bits per heavy atom. The molecule has 12 heteroatoms. The Hall–Kier alpha value is -3.96. The van der Waals surface area contributed by atoms with E-state index in [9.17, 15) is 24.5 Å². The van der Waals surface area contributed by atoms with Crippen molar-refractivity contribution in [3.05, 3.63) is 51.3 Å². The van der Waals surface area contributed by atoms with E-state index in [1.165, 1.54) is 29.8 Å². The van der Waals surface area contributed by atoms with E-state index in [2.05, 4.69) is 10.4 Å². The van der Waals surface area contributed by atoms with Gasteiger partial charge in [0.2, 0.25) is 5.91 Å². The van der Waals surface area contributed by atoms with E-state index in [0.717, 1.165) is 0 Å². The summed E-state index contributed by atoms with van der Waals surface area (Å²) in [6.07, 6.45) is 1.18. The number of amides is 3. The van der Waals surface area contributed by atoms with E-state index in [-0.39, 0.29) is 28.8 Å². The Morgan fingerprint density at radius 1 is 1.18 bits per heavy atom. The normalized spacial score (nSPS) is 14.5. The standard InChI is InChI=1S/C22H28N6O6/c1-5-34-22(31)26-11-9-25(10-12-26)21(30)16(4)27-13-18(15(3)24-27)23-20(29)17-7-6-8-19(14(17)2)28(32)33/h6-8,13,16H,5,9-12H2,1-4H3,(H,23,29). The van der Waals surface area contributed by atoms with Crippen LogP contribution in [0.4, 0.5) is 16.2 Å². The van der Waals surface area contributed by atoms with E-state index < -0.39 is 16.9 Å². The summed E-state index contributed by atoms with van der Waals surface area (Å²) < 4.78 is 6.48. The number of hydrogen-bond acceptors (Lipinski definition) is 7. The summed E-state index contributed by atoms with van der Waals surface area (Å²) in [6, 6.07) is 3.69. The second kappa shape index (κ2) is 10.3. The zero-order valence-corrected chi connectivity index (χ0v) is 19.6. The zero-order valence-electron chi connectivity index (χ0n) is 19.6. The van der Waals surface area contributed by atoms with Crippen LogP contribution < -0.4 is 5.32 Å². The lowest BCUT2D eigenvalue weighted by molar-refractivity contribution is -0.385. The predicted molar refractivity (Wildman–Crippen MR) is 123 cm³/mol. The van der Waals surface area contributed by atoms with Crippen LogP contribution in [0.3, 0.4) is 0 Å². The molecule has 1 N–H and O–H groups in total. The Balaban J connectivity index is 1.67. The van der Waals surface area contributed by atoms with Crippen LogP contribution in [0.2, 0.25) is 0 Å². The molecule has 1 aromatic carbocycles. The minimum atomic E-state index is -0.627. The number of anilines is 1. The van der Waals surface area contributed by atoms with Crippen LogP contribution in [-0.4, -0.2) is 75.2 Å². The molecule has 0 aliphatic carbocycles. The van der Waals surface area contributed by atoms with Crippen LogP contribution in [0.1, 0.15) is 41.5 Å². The van der Waals surface area contributed by atoms with Crippen molar-refractivity contribution in [2.24, 2.45) is 0 Å². The lowest BCUT2D eigenvalue weighted by Crippen LogP contribution is -2.52. The van der Waals surface area contributed by atoms with Gasteiger partial charge in [0.05, 0.1) is 22.9 Å². The molecule has 1 aromatic heterocycles. The number of hydrogen-bond donors (Lipinski definition) is 1. The molecule has 0 spiro atoms. The quantitative estimate of drug-likeness (QED) is 0.503. The predicted octanol–water partition coefficient (Wildman–Crippen LogP) is 2.52. The second-order valence-electron chi connectivity index (χ2n) is 7.96. The molecule has 182 valence electrons. The number of carbonyl (C=O) groups excluding carboxylic acids is 3. The van der Waals surface area contributed by atoms with Crippen molar-refractivity contribution in [1.82, 2.24) is 19.6 Å². The first-order valence-electron chi connectivity index (χ1n) is 11.0. The molecule has 34 heavy (non-hydrogen) atoms. The largest absolute Gasteiger partial charge is 0.450 e. The first-order chi connectivity index (χ1) is 16.1. The van der Waals surface area contributed by atoms with Gasteiger partial charge in [-0.3, -0.25) is 24.4 Å². The summed E-state index contributed by atoms with van der Waals surface area (Å²) in [7, 11) is 0. The summed E-state index contributed by atoms with van der Waals surface area (Å²) >= 11 is 0. The molecule has 3 amide bonds. The highest BCUT2D eigenvalue weighted by Crippen LogP contribution is 2.24. The molecule has 0 saturated carbocycles. The van der Waals surface area contributed by atoms with Crippen LogP contribution in [0.25, 0.3) is 0 Å². The molecule has 3 rings (SSSR count). The highest BCUT2D eigenvalue weighted by molar-refractivity contribution is 6.06. The summed E-state index contributed by atoms with van der Waals surface area (Å²) in [5.41, 5.74) is 1.22. The van der Waals surface area contributed by atoms with E-state index in [4.69, 9.17) is 4.74 Å². The van der Waals surface area contributed by atoms with Gasteiger partial charge in [0.1, 0.15) is 6.04 Å². The van der Waals surface area contributed by atoms with Crippen LogP contribution in [0.5, 0.6) is 0 Å². The zero-order chi connectivity index (χ0) is 25.0. The number of nitrogens with zero attached hydrogens (tertiary/aromatic N) is 5. The number of nitro groups is 1. The molecule has 1 saturated heterocycles. The highest BCUT2D eigenvalue weighted by Gasteiger charge is 2.29. The number of rotatable bonds is 6. The molecule has 0 radical (unpaired) electrons. The fourth-order valence-electron chi connectivity index (χ4n) is 3.76. The van der Waals surface area contributed by atoms with Gasteiger partial charge < -0.3 is 19.9 Å². The Morgan fingerprint density at radius 2 is 1.82 bits per heavy atom. The van der Waals surface area contributed by atoms with Crippen molar-refractivity contribution in [1.29, 1.82) is 0 Å². The number of nitro benzene ring substituents is 1. The topological polar surface area (TPSA) is 140 Å². The molecule has 2 heterocycles. The third-order valence-electron chi connectivity index (χ3n) is 5.78. The van der Waals surface area contributed by atoms with E-state index in [0.29, 0.717) is 44.2 Å². The van der Waals surface area contributed by atoms with Crippen LogP contribution in [0, 0.1) is 24.0 Å². The van der Waals surface area contributed by atoms with Gasteiger partial charge in [-0.1, -0.05) is 6.07 Å². The fraction of sp³-hybridized carbons (Fsp3) is 0.455. The van der Waals surface area contributed by atoms with Gasteiger partial charge in [-0.05, 0) is 33.8 Å². The molecular weight excluding hydrogens is 444 g/mol. The number of piperazine rings is 1. The lowest BCUT2D eigenvalue weighted by Gasteiger charge is -2.35. The third-order valence-corrected chi connectivity index (χ3v) is 5.78. The van der Waals surface area contributed by atoms with Gasteiger partial charge in [0, 0.05) is 49.6 Å². The van der Waals surface area contributed by atoms with Crippen molar-refractivity contribution in [3.8, 4) is 0 Å². The Kier molecular flexibility index (Phi) is 7.49. The monoisotopic (exact) mass is 472 g/mol. The number of nitrogens with one attached hydrogen (secondary N) is 1. The third kappa shape index (κ3) is 5.16. The van der Waals surface area contributed by atoms with E-state index >= 15 is 0 Å². The molecule has 12 nitrogen and oxygen atoms in total. The van der Waals surface area contributed by atoms with Gasteiger partial charge in [-0.25, -0.2) is 4.79 Å². The maximum Gasteiger partial charge on any atom is 0.409 e. The molecule has 1 unspecified atom stereocenters. The number of aromatic nitrogens is 2. The first-order valence-corrected chi connectivity index (χ1v) is 11.0. The Labute approximate surface area is 196 Å². The molecular formula is C22H28N6O6. The number of ether oxygens (including phenoxy) is 1. The fourth-order valence-corrected chi connectivity index (χ4v) is 3.76. The van der Waals surface area contributed by atoms with Crippen molar-refractivity contribution >= 4 is 29.3 Å². The van der Waals surface area contributed by atoms with Gasteiger partial charge in [0.15, 0.2) is 0 Å². The lowest BCUT2D eigenvalue weighted by atomic mass is 10.1. The summed E-state index contributed by atoms with van der Waals surface area (Å²) in [6.45, 7) is 8.52. The van der Waals surface area contributed by atoms with Crippen LogP contribution in [-0.2, 0) is 9.53 Å². The molecule has 0 bridgehead atoms. The first kappa shape index (κ1) is 24.7. The number of aryl methyl sites for hydroxylation is 1. The van der Waals surface area contributed by atoms with Gasteiger partial charge in [-0.2, -0.15) is 5.10 Å². The molecule has 1 aliphatic rings. The minimum absolute atomic E-state index is 0.137. The van der Waals surface area contributed by atoms with Gasteiger partial charge in [0.25, 0.3) is 11.6 Å². The van der Waals surface area contributed by atoms with Gasteiger partial charge >= 0.3 is 6.09 Å². The van der Waals surface area contributed by atoms with E-state index in [1.54, 1.807) is 36.8 Å². The van der Waals surface area contributed by atoms with Crippen molar-refractivity contribution in [2.75, 3.05) is 38.1 Å². The van der Waals surface area contributed by atoms with Crippen molar-refractivity contribution in [3.63, 3.8) is 0 Å². The molecule has 1 aliphatic heterocycles. The summed E-state index contributed by atoms with van der Waals surface area (Å²) in [5.74, 6) is -0.656. The summed E-state index contributed by atoms with van der Waals surface area (Å²) in [4.78, 5) is 51.5. The SMILES string of the molecule is CCOC(=O)N1CCN(C(=O)C(C)n2cc(NC(=O)c3cccc([N+](=O)[O-])c3C)c(C)n2)CC1. The van der Waals surface area contributed by atoms with Gasteiger partial charge in [-0.15, -0.1) is 0 Å². The molecule has 1 atom stereocenters. The Bertz CT molecular complexity index is 1110. The molecule has 1 fully saturated rings. The minimum Gasteiger partial charge on any atom is -0.450 e. The average molecular weight is 473 g/mol. The molecule has 2 aromatic rings. The van der Waals surface area contributed by atoms with Crippen LogP contribution in [0.15, 0.2) is 24.4 Å². The van der Waals surface area contributed by atoms with Crippen LogP contribution >= 0.6 is 0 Å². The second-order valence-corrected chi connectivity index (χ2v) is 7.96. The van der Waals surface area contributed by atoms with Crippen molar-refractivity contribution < 1.29 is 24.0 Å². The average Bonchev–Trinajstić information content (AvgIpc) is 3.18. The smallest absolute Gasteiger partial charge is 0.409 e.